The molecule has 132 valence electrons. The third-order valence-corrected chi connectivity index (χ3v) is 4.74. The lowest BCUT2D eigenvalue weighted by Crippen LogP contribution is -2.24. The molecule has 7 heteroatoms. The molecule has 1 fully saturated rings. The third kappa shape index (κ3) is 3.08. The van der Waals surface area contributed by atoms with Gasteiger partial charge in [-0.15, -0.1) is 0 Å². The summed E-state index contributed by atoms with van der Waals surface area (Å²) in [6.07, 6.45) is 0.211. The second kappa shape index (κ2) is 6.53. The number of carbonyl (C=O) groups excluding carboxylic acids is 1. The molecule has 1 saturated heterocycles. The van der Waals surface area contributed by atoms with Crippen LogP contribution in [0.4, 0.5) is 10.1 Å². The van der Waals surface area contributed by atoms with Gasteiger partial charge in [0.25, 0.3) is 0 Å². The Morgan fingerprint density at radius 3 is 2.77 bits per heavy atom. The second-order valence-electron chi connectivity index (χ2n) is 6.32. The largest absolute Gasteiger partial charge is 0.339 e. The predicted molar refractivity (Wildman–Crippen MR) is 95.6 cm³/mol. The molecule has 4 rings (SSSR count). The zero-order valence-corrected chi connectivity index (χ0v) is 14.7. The molecule has 5 nitrogen and oxygen atoms in total. The van der Waals surface area contributed by atoms with Gasteiger partial charge in [-0.1, -0.05) is 46.6 Å². The van der Waals surface area contributed by atoms with E-state index in [-0.39, 0.29) is 18.2 Å². The van der Waals surface area contributed by atoms with Crippen molar-refractivity contribution >= 4 is 23.2 Å². The smallest absolute Gasteiger partial charge is 0.232 e. The average molecular weight is 372 g/mol. The minimum atomic E-state index is -0.444. The van der Waals surface area contributed by atoms with Crippen molar-refractivity contribution in [1.29, 1.82) is 0 Å². The van der Waals surface area contributed by atoms with E-state index in [2.05, 4.69) is 10.1 Å². The van der Waals surface area contributed by atoms with Crippen LogP contribution in [0.2, 0.25) is 5.02 Å². The van der Waals surface area contributed by atoms with Crippen LogP contribution in [0.1, 0.15) is 23.8 Å². The molecule has 0 aliphatic carbocycles. The maximum atomic E-state index is 13.5. The van der Waals surface area contributed by atoms with Gasteiger partial charge in [-0.3, -0.25) is 4.79 Å². The van der Waals surface area contributed by atoms with Crippen molar-refractivity contribution in [1.82, 2.24) is 10.1 Å². The molecule has 0 N–H and O–H groups in total. The number of halogens is 2. The minimum Gasteiger partial charge on any atom is -0.339 e. The average Bonchev–Trinajstić information content (AvgIpc) is 3.25. The zero-order chi connectivity index (χ0) is 18.3. The number of nitrogens with zero attached hydrogens (tertiary/aromatic N) is 3. The Labute approximate surface area is 154 Å². The van der Waals surface area contributed by atoms with E-state index in [0.29, 0.717) is 29.0 Å². The molecule has 1 unspecified atom stereocenters. The molecule has 0 bridgehead atoms. The lowest BCUT2D eigenvalue weighted by molar-refractivity contribution is -0.117. The summed E-state index contributed by atoms with van der Waals surface area (Å²) < 4.78 is 18.9. The Morgan fingerprint density at radius 2 is 2.00 bits per heavy atom. The normalized spacial score (nSPS) is 17.1. The van der Waals surface area contributed by atoms with Crippen LogP contribution in [0.25, 0.3) is 11.4 Å². The van der Waals surface area contributed by atoms with Crippen molar-refractivity contribution in [3.8, 4) is 11.4 Å². The predicted octanol–water partition coefficient (Wildman–Crippen LogP) is 4.36. The number of rotatable bonds is 3. The molecule has 0 saturated carbocycles. The summed E-state index contributed by atoms with van der Waals surface area (Å²) in [5, 5.41) is 4.34. The number of benzene rings is 2. The minimum absolute atomic E-state index is 0.155. The zero-order valence-electron chi connectivity index (χ0n) is 13.9. The highest BCUT2D eigenvalue weighted by atomic mass is 35.5. The summed E-state index contributed by atoms with van der Waals surface area (Å²) in [6.45, 7) is 2.32. The standard InChI is InChI=1S/C19H15ClFN3O2/c1-11-2-4-12(5-3-11)18-22-19(26-23-18)13-8-17(25)24(10-13)16-9-14(21)6-7-15(16)20/h2-7,9,13H,8,10H2,1H3. The highest BCUT2D eigenvalue weighted by Crippen LogP contribution is 2.35. The third-order valence-electron chi connectivity index (χ3n) is 4.42. The second-order valence-corrected chi connectivity index (χ2v) is 6.73. The van der Waals surface area contributed by atoms with Crippen molar-refractivity contribution < 1.29 is 13.7 Å². The van der Waals surface area contributed by atoms with Crippen LogP contribution in [0, 0.1) is 12.7 Å². The number of hydrogen-bond acceptors (Lipinski definition) is 4. The Hall–Kier alpha value is -2.73. The van der Waals surface area contributed by atoms with E-state index in [0.717, 1.165) is 11.1 Å². The molecule has 2 heterocycles. The summed E-state index contributed by atoms with van der Waals surface area (Å²) in [6, 6.07) is 11.7. The van der Waals surface area contributed by atoms with E-state index in [1.165, 1.54) is 23.1 Å². The molecular weight excluding hydrogens is 357 g/mol. The molecule has 1 aliphatic rings. The molecule has 1 atom stereocenters. The summed E-state index contributed by atoms with van der Waals surface area (Å²) in [5.41, 5.74) is 2.35. The maximum Gasteiger partial charge on any atom is 0.232 e. The Morgan fingerprint density at radius 1 is 1.23 bits per heavy atom. The van der Waals surface area contributed by atoms with Gasteiger partial charge < -0.3 is 9.42 Å². The monoisotopic (exact) mass is 371 g/mol. The number of anilines is 1. The molecule has 1 amide bonds. The fourth-order valence-electron chi connectivity index (χ4n) is 3.02. The van der Waals surface area contributed by atoms with Crippen molar-refractivity contribution in [2.45, 2.75) is 19.3 Å². The molecule has 2 aromatic carbocycles. The molecule has 26 heavy (non-hydrogen) atoms. The van der Waals surface area contributed by atoms with Crippen molar-refractivity contribution in [2.24, 2.45) is 0 Å². The summed E-state index contributed by atoms with van der Waals surface area (Å²) in [5.74, 6) is 0.0184. The first-order chi connectivity index (χ1) is 12.5. The van der Waals surface area contributed by atoms with Gasteiger partial charge in [0.1, 0.15) is 5.82 Å². The quantitative estimate of drug-likeness (QED) is 0.686. The lowest BCUT2D eigenvalue weighted by atomic mass is 10.1. The first-order valence-electron chi connectivity index (χ1n) is 8.17. The van der Waals surface area contributed by atoms with Gasteiger partial charge in [-0.05, 0) is 25.1 Å². The van der Waals surface area contributed by atoms with Crippen LogP contribution >= 0.6 is 11.6 Å². The van der Waals surface area contributed by atoms with Crippen LogP contribution in [0.3, 0.4) is 0 Å². The fraction of sp³-hybridized carbons (Fsp3) is 0.211. The van der Waals surface area contributed by atoms with E-state index in [4.69, 9.17) is 16.1 Å². The Balaban J connectivity index is 1.58. The highest BCUT2D eigenvalue weighted by Gasteiger charge is 2.36. The molecule has 1 aliphatic heterocycles. The fourth-order valence-corrected chi connectivity index (χ4v) is 3.24. The van der Waals surface area contributed by atoms with Crippen LogP contribution in [0.15, 0.2) is 47.0 Å². The lowest BCUT2D eigenvalue weighted by Gasteiger charge is -2.17. The number of aromatic nitrogens is 2. The Bertz CT molecular complexity index is 971. The van der Waals surface area contributed by atoms with Gasteiger partial charge in [0.15, 0.2) is 0 Å². The molecular formula is C19H15ClFN3O2. The summed E-state index contributed by atoms with van der Waals surface area (Å²) >= 11 is 6.12. The molecule has 0 radical (unpaired) electrons. The van der Waals surface area contributed by atoms with Gasteiger partial charge in [-0.25, -0.2) is 4.39 Å². The van der Waals surface area contributed by atoms with Crippen LogP contribution in [-0.2, 0) is 4.79 Å². The summed E-state index contributed by atoms with van der Waals surface area (Å²) in [7, 11) is 0. The number of amides is 1. The number of carbonyl (C=O) groups is 1. The number of hydrogen-bond donors (Lipinski definition) is 0. The first kappa shape index (κ1) is 16.7. The Kier molecular flexibility index (Phi) is 4.20. The van der Waals surface area contributed by atoms with Crippen molar-refractivity contribution in [3.63, 3.8) is 0 Å². The van der Waals surface area contributed by atoms with E-state index in [1.54, 1.807) is 0 Å². The van der Waals surface area contributed by atoms with Gasteiger partial charge in [-0.2, -0.15) is 4.98 Å². The van der Waals surface area contributed by atoms with Crippen molar-refractivity contribution in [3.05, 3.63) is 64.8 Å². The SMILES string of the molecule is Cc1ccc(-c2noc(C3CC(=O)N(c4cc(F)ccc4Cl)C3)n2)cc1. The van der Waals surface area contributed by atoms with E-state index >= 15 is 0 Å². The van der Waals surface area contributed by atoms with E-state index < -0.39 is 5.82 Å². The van der Waals surface area contributed by atoms with E-state index in [9.17, 15) is 9.18 Å². The van der Waals surface area contributed by atoms with Crippen LogP contribution < -0.4 is 4.90 Å². The van der Waals surface area contributed by atoms with Gasteiger partial charge in [0.2, 0.25) is 17.6 Å². The highest BCUT2D eigenvalue weighted by molar-refractivity contribution is 6.33. The molecule has 0 spiro atoms. The van der Waals surface area contributed by atoms with Crippen LogP contribution in [0.5, 0.6) is 0 Å². The first-order valence-corrected chi connectivity index (χ1v) is 8.55. The summed E-state index contributed by atoms with van der Waals surface area (Å²) in [4.78, 5) is 18.3. The topological polar surface area (TPSA) is 59.2 Å². The van der Waals surface area contributed by atoms with Crippen LogP contribution in [-0.4, -0.2) is 22.6 Å². The van der Waals surface area contributed by atoms with E-state index in [1.807, 2.05) is 31.2 Å². The van der Waals surface area contributed by atoms with Gasteiger partial charge in [0.05, 0.1) is 16.6 Å². The molecule has 3 aromatic rings. The van der Waals surface area contributed by atoms with Crippen molar-refractivity contribution in [2.75, 3.05) is 11.4 Å². The van der Waals surface area contributed by atoms with Gasteiger partial charge in [0, 0.05) is 18.5 Å². The maximum absolute atomic E-state index is 13.5. The molecule has 1 aromatic heterocycles. The van der Waals surface area contributed by atoms with Gasteiger partial charge >= 0.3 is 0 Å². The number of aryl methyl sites for hydroxylation is 1.